The zero-order valence-corrected chi connectivity index (χ0v) is 15.3. The summed E-state index contributed by atoms with van der Waals surface area (Å²) in [6.45, 7) is 8.58. The Balaban J connectivity index is 1.94. The zero-order chi connectivity index (χ0) is 16.1. The fourth-order valence-corrected chi connectivity index (χ4v) is 4.48. The number of nitrogens with one attached hydrogen (secondary N) is 2. The van der Waals surface area contributed by atoms with E-state index in [0.29, 0.717) is 6.54 Å². The second-order valence-corrected chi connectivity index (χ2v) is 8.49. The van der Waals surface area contributed by atoms with Crippen molar-refractivity contribution in [2.45, 2.75) is 38.2 Å². The molecule has 1 aromatic heterocycles. The van der Waals surface area contributed by atoms with Crippen LogP contribution in [0.3, 0.4) is 0 Å². The summed E-state index contributed by atoms with van der Waals surface area (Å²) in [5, 5.41) is 19.1. The standard InChI is InChI=1S/C16H27N3OS2/c1-4-17-14(19-11-16(20)7-9-21-12-16)18-10-15(2,3)13-6-5-8-22-13/h5-6,8,20H,4,7,9-12H2,1-3H3,(H2,17,18,19). The highest BCUT2D eigenvalue weighted by Gasteiger charge is 2.31. The van der Waals surface area contributed by atoms with Crippen LogP contribution in [0, 0.1) is 0 Å². The van der Waals surface area contributed by atoms with Gasteiger partial charge in [-0.2, -0.15) is 11.8 Å². The molecule has 6 heteroatoms. The maximum atomic E-state index is 10.4. The molecule has 4 nitrogen and oxygen atoms in total. The second-order valence-electron chi connectivity index (χ2n) is 6.44. The third-order valence-corrected chi connectivity index (χ3v) is 6.30. The molecule has 1 aliphatic heterocycles. The molecule has 1 saturated heterocycles. The van der Waals surface area contributed by atoms with Crippen molar-refractivity contribution < 1.29 is 5.11 Å². The van der Waals surface area contributed by atoms with Crippen LogP contribution >= 0.6 is 23.1 Å². The molecule has 0 amide bonds. The normalized spacial score (nSPS) is 22.8. The van der Waals surface area contributed by atoms with Gasteiger partial charge in [-0.3, -0.25) is 4.99 Å². The Morgan fingerprint density at radius 2 is 2.27 bits per heavy atom. The van der Waals surface area contributed by atoms with Crippen LogP contribution in [0.1, 0.15) is 32.1 Å². The van der Waals surface area contributed by atoms with Crippen LogP contribution < -0.4 is 10.6 Å². The van der Waals surface area contributed by atoms with Crippen molar-refractivity contribution >= 4 is 29.1 Å². The van der Waals surface area contributed by atoms with Gasteiger partial charge in [0.1, 0.15) is 0 Å². The van der Waals surface area contributed by atoms with Crippen molar-refractivity contribution in [3.05, 3.63) is 22.4 Å². The summed E-state index contributed by atoms with van der Waals surface area (Å²) in [6.07, 6.45) is 0.852. The van der Waals surface area contributed by atoms with Gasteiger partial charge in [-0.25, -0.2) is 0 Å². The molecule has 0 bridgehead atoms. The molecule has 0 spiro atoms. The summed E-state index contributed by atoms with van der Waals surface area (Å²) in [6, 6.07) is 4.25. The third-order valence-electron chi connectivity index (χ3n) is 3.83. The molecule has 3 N–H and O–H groups in total. The second kappa shape index (κ2) is 7.70. The van der Waals surface area contributed by atoms with Gasteiger partial charge < -0.3 is 15.7 Å². The van der Waals surface area contributed by atoms with Gasteiger partial charge in [0.15, 0.2) is 5.96 Å². The molecule has 124 valence electrons. The van der Waals surface area contributed by atoms with E-state index in [0.717, 1.165) is 37.0 Å². The van der Waals surface area contributed by atoms with Crippen LogP contribution in [0.15, 0.2) is 22.5 Å². The highest BCUT2D eigenvalue weighted by Crippen LogP contribution is 2.28. The van der Waals surface area contributed by atoms with Gasteiger partial charge in [-0.1, -0.05) is 19.9 Å². The molecule has 1 aliphatic rings. The van der Waals surface area contributed by atoms with E-state index in [-0.39, 0.29) is 5.41 Å². The number of thiophene rings is 1. The van der Waals surface area contributed by atoms with E-state index >= 15 is 0 Å². The quantitative estimate of drug-likeness (QED) is 0.549. The van der Waals surface area contributed by atoms with Crippen molar-refractivity contribution in [2.24, 2.45) is 4.99 Å². The molecule has 22 heavy (non-hydrogen) atoms. The number of rotatable bonds is 6. The Labute approximate surface area is 141 Å². The van der Waals surface area contributed by atoms with E-state index in [1.54, 1.807) is 11.3 Å². The van der Waals surface area contributed by atoms with Crippen molar-refractivity contribution in [1.29, 1.82) is 0 Å². The molecule has 1 atom stereocenters. The number of nitrogens with zero attached hydrogens (tertiary/aromatic N) is 1. The number of thioether (sulfide) groups is 1. The smallest absolute Gasteiger partial charge is 0.191 e. The summed E-state index contributed by atoms with van der Waals surface area (Å²) in [7, 11) is 0. The number of guanidine groups is 1. The summed E-state index contributed by atoms with van der Waals surface area (Å²) in [4.78, 5) is 6.06. The molecule has 2 heterocycles. The SMILES string of the molecule is CCNC(=NCC(C)(C)c1cccs1)NCC1(O)CCSC1. The average molecular weight is 342 g/mol. The fraction of sp³-hybridized carbons (Fsp3) is 0.688. The first kappa shape index (κ1) is 17.6. The van der Waals surface area contributed by atoms with Gasteiger partial charge in [0.2, 0.25) is 0 Å². The minimum Gasteiger partial charge on any atom is -0.387 e. The van der Waals surface area contributed by atoms with Crippen molar-refractivity contribution in [2.75, 3.05) is 31.1 Å². The predicted molar refractivity (Wildman–Crippen MR) is 98.2 cm³/mol. The van der Waals surface area contributed by atoms with Gasteiger partial charge in [-0.05, 0) is 30.5 Å². The molecule has 1 unspecified atom stereocenters. The van der Waals surface area contributed by atoms with E-state index < -0.39 is 5.60 Å². The number of aliphatic imine (C=N–C) groups is 1. The topological polar surface area (TPSA) is 56.7 Å². The number of hydrogen-bond acceptors (Lipinski definition) is 4. The Morgan fingerprint density at radius 3 is 2.86 bits per heavy atom. The fourth-order valence-electron chi connectivity index (χ4n) is 2.34. The molecule has 2 rings (SSSR count). The first-order chi connectivity index (χ1) is 10.5. The van der Waals surface area contributed by atoms with E-state index in [4.69, 9.17) is 4.99 Å². The molecule has 1 aromatic rings. The summed E-state index contributed by atoms with van der Waals surface area (Å²) >= 11 is 3.59. The molecule has 1 fully saturated rings. The van der Waals surface area contributed by atoms with Gasteiger partial charge in [0.25, 0.3) is 0 Å². The van der Waals surface area contributed by atoms with Crippen LogP contribution in [0.4, 0.5) is 0 Å². The van der Waals surface area contributed by atoms with Crippen LogP contribution in [0.25, 0.3) is 0 Å². The lowest BCUT2D eigenvalue weighted by atomic mass is 9.92. The van der Waals surface area contributed by atoms with Crippen LogP contribution in [0.5, 0.6) is 0 Å². The van der Waals surface area contributed by atoms with E-state index in [9.17, 15) is 5.11 Å². The molecule has 0 aliphatic carbocycles. The molecular formula is C16H27N3OS2. The van der Waals surface area contributed by atoms with Crippen LogP contribution in [0.2, 0.25) is 0 Å². The van der Waals surface area contributed by atoms with Gasteiger partial charge >= 0.3 is 0 Å². The molecule has 0 aromatic carbocycles. The Morgan fingerprint density at radius 1 is 1.45 bits per heavy atom. The minimum absolute atomic E-state index is 0.0244. The number of hydrogen-bond donors (Lipinski definition) is 3. The maximum Gasteiger partial charge on any atom is 0.191 e. The van der Waals surface area contributed by atoms with E-state index in [2.05, 4.69) is 48.9 Å². The largest absolute Gasteiger partial charge is 0.387 e. The molecule has 0 radical (unpaired) electrons. The van der Waals surface area contributed by atoms with Crippen molar-refractivity contribution in [1.82, 2.24) is 10.6 Å². The van der Waals surface area contributed by atoms with Crippen molar-refractivity contribution in [3.63, 3.8) is 0 Å². The first-order valence-corrected chi connectivity index (χ1v) is 9.85. The summed E-state index contributed by atoms with van der Waals surface area (Å²) < 4.78 is 0. The lowest BCUT2D eigenvalue weighted by Gasteiger charge is -2.25. The molecule has 0 saturated carbocycles. The monoisotopic (exact) mass is 341 g/mol. The average Bonchev–Trinajstić information content (AvgIpc) is 3.14. The lowest BCUT2D eigenvalue weighted by Crippen LogP contribution is -2.47. The van der Waals surface area contributed by atoms with Gasteiger partial charge in [0.05, 0.1) is 12.1 Å². The van der Waals surface area contributed by atoms with Crippen LogP contribution in [-0.2, 0) is 5.41 Å². The first-order valence-electron chi connectivity index (χ1n) is 7.81. The zero-order valence-electron chi connectivity index (χ0n) is 13.7. The minimum atomic E-state index is -0.593. The highest BCUT2D eigenvalue weighted by atomic mass is 32.2. The van der Waals surface area contributed by atoms with Gasteiger partial charge in [0, 0.05) is 29.1 Å². The third kappa shape index (κ3) is 4.89. The van der Waals surface area contributed by atoms with E-state index in [1.165, 1.54) is 4.88 Å². The molecular weight excluding hydrogens is 314 g/mol. The predicted octanol–water partition coefficient (Wildman–Crippen LogP) is 2.45. The highest BCUT2D eigenvalue weighted by molar-refractivity contribution is 7.99. The van der Waals surface area contributed by atoms with Crippen molar-refractivity contribution in [3.8, 4) is 0 Å². The summed E-state index contributed by atoms with van der Waals surface area (Å²) in [5.74, 6) is 2.63. The Bertz CT molecular complexity index is 480. The number of aliphatic hydroxyl groups is 1. The maximum absolute atomic E-state index is 10.4. The Kier molecular flexibility index (Phi) is 6.17. The van der Waals surface area contributed by atoms with Crippen LogP contribution in [-0.4, -0.2) is 47.8 Å². The summed E-state index contributed by atoms with van der Waals surface area (Å²) in [5.41, 5.74) is -0.569. The van der Waals surface area contributed by atoms with E-state index in [1.807, 2.05) is 11.8 Å². The lowest BCUT2D eigenvalue weighted by molar-refractivity contribution is 0.0724. The van der Waals surface area contributed by atoms with Gasteiger partial charge in [-0.15, -0.1) is 11.3 Å². The Hall–Kier alpha value is -0.720.